The van der Waals surface area contributed by atoms with E-state index >= 15 is 0 Å². The zero-order valence-electron chi connectivity index (χ0n) is 15.0. The number of likely N-dealkylation sites (tertiary alicyclic amines) is 1. The Kier molecular flexibility index (Phi) is 6.79. The predicted molar refractivity (Wildman–Crippen MR) is 107 cm³/mol. The highest BCUT2D eigenvalue weighted by atomic mass is 35.5. The Bertz CT molecular complexity index is 778. The number of carboxylic acid groups (broad SMARTS) is 1. The Labute approximate surface area is 163 Å². The van der Waals surface area contributed by atoms with Crippen LogP contribution in [0.4, 0.5) is 5.82 Å². The van der Waals surface area contributed by atoms with Crippen molar-refractivity contribution < 1.29 is 9.90 Å². The number of rotatable bonds is 7. The lowest BCUT2D eigenvalue weighted by atomic mass is 10.0. The van der Waals surface area contributed by atoms with E-state index in [-0.39, 0.29) is 0 Å². The molecule has 0 saturated carbocycles. The minimum absolute atomic E-state index is 0.332. The molecule has 0 unspecified atom stereocenters. The molecule has 7 heteroatoms. The maximum atomic E-state index is 10.5. The summed E-state index contributed by atoms with van der Waals surface area (Å²) in [7, 11) is 0. The van der Waals surface area contributed by atoms with Gasteiger partial charge in [0.2, 0.25) is 0 Å². The van der Waals surface area contributed by atoms with E-state index in [2.05, 4.69) is 32.3 Å². The Balaban J connectivity index is 1.49. The molecule has 0 bridgehead atoms. The molecule has 1 atom stereocenters. The van der Waals surface area contributed by atoms with Crippen LogP contribution in [-0.2, 0) is 11.2 Å². The summed E-state index contributed by atoms with van der Waals surface area (Å²) in [5, 5.41) is 12.8. The number of halogens is 1. The van der Waals surface area contributed by atoms with Crippen LogP contribution >= 0.6 is 11.6 Å². The maximum absolute atomic E-state index is 10.5. The second-order valence-corrected chi connectivity index (χ2v) is 7.10. The van der Waals surface area contributed by atoms with Crippen molar-refractivity contribution in [1.82, 2.24) is 14.9 Å². The molecule has 2 aromatic rings. The van der Waals surface area contributed by atoms with E-state index in [9.17, 15) is 4.79 Å². The van der Waals surface area contributed by atoms with E-state index in [0.717, 1.165) is 50.0 Å². The van der Waals surface area contributed by atoms with Gasteiger partial charge in [-0.15, -0.1) is 0 Å². The van der Waals surface area contributed by atoms with Gasteiger partial charge < -0.3 is 15.3 Å². The molecule has 27 heavy (non-hydrogen) atoms. The van der Waals surface area contributed by atoms with E-state index < -0.39 is 5.97 Å². The van der Waals surface area contributed by atoms with Gasteiger partial charge in [0, 0.05) is 30.2 Å². The van der Waals surface area contributed by atoms with Crippen molar-refractivity contribution >= 4 is 29.5 Å². The summed E-state index contributed by atoms with van der Waals surface area (Å²) in [6.45, 7) is 3.09. The third-order valence-electron chi connectivity index (χ3n) is 4.56. The maximum Gasteiger partial charge on any atom is 0.328 e. The number of nitrogens with one attached hydrogen (secondary N) is 1. The summed E-state index contributed by atoms with van der Waals surface area (Å²) in [6.07, 6.45) is 8.95. The van der Waals surface area contributed by atoms with Gasteiger partial charge in [0.25, 0.3) is 0 Å². The van der Waals surface area contributed by atoms with Gasteiger partial charge in [-0.05, 0) is 49.6 Å². The largest absolute Gasteiger partial charge is 0.478 e. The van der Waals surface area contributed by atoms with E-state index in [1.54, 1.807) is 12.4 Å². The molecule has 142 valence electrons. The van der Waals surface area contributed by atoms with E-state index in [1.807, 2.05) is 12.1 Å². The summed E-state index contributed by atoms with van der Waals surface area (Å²) in [5.41, 5.74) is 1.82. The van der Waals surface area contributed by atoms with E-state index in [4.69, 9.17) is 16.7 Å². The second-order valence-electron chi connectivity index (χ2n) is 6.66. The third kappa shape index (κ3) is 6.34. The fourth-order valence-electron chi connectivity index (χ4n) is 3.18. The lowest BCUT2D eigenvalue weighted by Gasteiger charge is -2.33. The van der Waals surface area contributed by atoms with Crippen molar-refractivity contribution in [1.29, 1.82) is 0 Å². The Hall–Kier alpha value is -2.44. The average molecular weight is 387 g/mol. The lowest BCUT2D eigenvalue weighted by Crippen LogP contribution is -2.43. The van der Waals surface area contributed by atoms with Crippen molar-refractivity contribution in [2.45, 2.75) is 25.3 Å². The van der Waals surface area contributed by atoms with Crippen LogP contribution in [0.2, 0.25) is 5.02 Å². The number of anilines is 1. The van der Waals surface area contributed by atoms with Crippen molar-refractivity contribution in [3.8, 4) is 0 Å². The number of hydrogen-bond donors (Lipinski definition) is 2. The normalized spacial score (nSPS) is 17.9. The number of aromatic nitrogens is 2. The first-order chi connectivity index (χ1) is 13.1. The number of carboxylic acids is 1. The molecule has 1 aromatic carbocycles. The highest BCUT2D eigenvalue weighted by Gasteiger charge is 2.19. The van der Waals surface area contributed by atoms with Crippen LogP contribution in [0.25, 0.3) is 6.08 Å². The summed E-state index contributed by atoms with van der Waals surface area (Å²) >= 11 is 5.94. The highest BCUT2D eigenvalue weighted by Crippen LogP contribution is 2.16. The fraction of sp³-hybridized carbons (Fsp3) is 0.350. The summed E-state index contributed by atoms with van der Waals surface area (Å²) < 4.78 is 0. The van der Waals surface area contributed by atoms with Crippen molar-refractivity contribution in [3.05, 3.63) is 59.0 Å². The quantitative estimate of drug-likeness (QED) is 0.710. The smallest absolute Gasteiger partial charge is 0.328 e. The predicted octanol–water partition coefficient (Wildman–Crippen LogP) is 3.35. The molecule has 0 aliphatic carbocycles. The Morgan fingerprint density at radius 3 is 2.81 bits per heavy atom. The Morgan fingerprint density at radius 2 is 2.11 bits per heavy atom. The zero-order valence-corrected chi connectivity index (χ0v) is 15.8. The topological polar surface area (TPSA) is 78.3 Å². The molecule has 1 aromatic heterocycles. The minimum atomic E-state index is -1.00. The van der Waals surface area contributed by atoms with E-state index in [1.165, 1.54) is 11.6 Å². The standard InChI is InChI=1S/C20H23ClN4O2/c21-16-5-3-15(4-6-16)9-11-25-10-1-2-18(14-25)24-19-13-22-17(12-23-19)7-8-20(26)27/h3-8,12-13,18H,1-2,9-11,14H2,(H,23,24)(H,26,27)/b8-7+/t18-/m1/s1. The number of nitrogens with zero attached hydrogens (tertiary/aromatic N) is 3. The number of hydrogen-bond acceptors (Lipinski definition) is 5. The van der Waals surface area contributed by atoms with Crippen LogP contribution in [0, 0.1) is 0 Å². The Morgan fingerprint density at radius 1 is 1.30 bits per heavy atom. The van der Waals surface area contributed by atoms with Gasteiger partial charge in [-0.25, -0.2) is 9.78 Å². The van der Waals surface area contributed by atoms with Gasteiger partial charge in [0.05, 0.1) is 18.1 Å². The number of piperidine rings is 1. The first-order valence-electron chi connectivity index (χ1n) is 9.05. The number of benzene rings is 1. The SMILES string of the molecule is O=C(O)/C=C/c1cnc(N[C@@H]2CCCN(CCc3ccc(Cl)cc3)C2)cn1. The molecule has 1 aliphatic heterocycles. The first kappa shape index (κ1) is 19.3. The van der Waals surface area contributed by atoms with Crippen LogP contribution < -0.4 is 5.32 Å². The number of aliphatic carboxylic acids is 1. The van der Waals surface area contributed by atoms with Crippen LogP contribution in [0.1, 0.15) is 24.1 Å². The molecule has 3 rings (SSSR count). The second kappa shape index (κ2) is 9.48. The van der Waals surface area contributed by atoms with Crippen molar-refractivity contribution in [2.24, 2.45) is 0 Å². The van der Waals surface area contributed by atoms with Gasteiger partial charge in [-0.1, -0.05) is 23.7 Å². The summed E-state index contributed by atoms with van der Waals surface area (Å²) in [4.78, 5) is 21.5. The first-order valence-corrected chi connectivity index (χ1v) is 9.43. The zero-order chi connectivity index (χ0) is 19.1. The van der Waals surface area contributed by atoms with Crippen LogP contribution in [0.3, 0.4) is 0 Å². The lowest BCUT2D eigenvalue weighted by molar-refractivity contribution is -0.131. The van der Waals surface area contributed by atoms with Crippen LogP contribution in [0.15, 0.2) is 42.7 Å². The molecule has 1 aliphatic rings. The third-order valence-corrected chi connectivity index (χ3v) is 4.81. The fourth-order valence-corrected chi connectivity index (χ4v) is 3.31. The molecule has 1 saturated heterocycles. The molecule has 2 N–H and O–H groups in total. The van der Waals surface area contributed by atoms with Crippen LogP contribution in [-0.4, -0.2) is 51.6 Å². The molecular formula is C20H23ClN4O2. The van der Waals surface area contributed by atoms with Crippen molar-refractivity contribution in [3.63, 3.8) is 0 Å². The van der Waals surface area contributed by atoms with Gasteiger partial charge >= 0.3 is 5.97 Å². The molecule has 0 amide bonds. The monoisotopic (exact) mass is 386 g/mol. The van der Waals surface area contributed by atoms with E-state index in [0.29, 0.717) is 17.6 Å². The molecule has 0 radical (unpaired) electrons. The number of carbonyl (C=O) groups is 1. The molecule has 6 nitrogen and oxygen atoms in total. The summed E-state index contributed by atoms with van der Waals surface area (Å²) in [6, 6.07) is 8.37. The summed E-state index contributed by atoms with van der Waals surface area (Å²) in [5.74, 6) is -0.285. The molecule has 2 heterocycles. The van der Waals surface area contributed by atoms with Gasteiger partial charge in [-0.2, -0.15) is 0 Å². The average Bonchev–Trinajstić information content (AvgIpc) is 2.67. The van der Waals surface area contributed by atoms with Crippen molar-refractivity contribution in [2.75, 3.05) is 25.0 Å². The highest BCUT2D eigenvalue weighted by molar-refractivity contribution is 6.30. The van der Waals surface area contributed by atoms with Gasteiger partial charge in [-0.3, -0.25) is 4.98 Å². The molecule has 0 spiro atoms. The van der Waals surface area contributed by atoms with Crippen LogP contribution in [0.5, 0.6) is 0 Å². The van der Waals surface area contributed by atoms with Gasteiger partial charge in [0.15, 0.2) is 0 Å². The minimum Gasteiger partial charge on any atom is -0.478 e. The molecule has 1 fully saturated rings. The van der Waals surface area contributed by atoms with Gasteiger partial charge in [0.1, 0.15) is 5.82 Å². The molecular weight excluding hydrogens is 364 g/mol.